The zero-order chi connectivity index (χ0) is 23.2. The number of anilines is 1. The Bertz CT molecular complexity index is 1640. The van der Waals surface area contributed by atoms with E-state index < -0.39 is 0 Å². The van der Waals surface area contributed by atoms with E-state index in [1.807, 2.05) is 36.7 Å². The summed E-state index contributed by atoms with van der Waals surface area (Å²) in [6.07, 6.45) is 3.78. The predicted octanol–water partition coefficient (Wildman–Crippen LogP) is 6.63. The molecule has 3 N–H and O–H groups in total. The molecule has 1 aromatic carbocycles. The van der Waals surface area contributed by atoms with Gasteiger partial charge < -0.3 is 10.3 Å². The summed E-state index contributed by atoms with van der Waals surface area (Å²) in [4.78, 5) is 15.4. The third-order valence-electron chi connectivity index (χ3n) is 5.69. The number of pyridine rings is 2. The molecule has 0 bridgehead atoms. The summed E-state index contributed by atoms with van der Waals surface area (Å²) in [6, 6.07) is 20.9. The third kappa shape index (κ3) is 3.58. The number of nitrogens with one attached hydrogen (secondary N) is 3. The summed E-state index contributed by atoms with van der Waals surface area (Å²) in [5.41, 5.74) is 8.23. The fourth-order valence-electron chi connectivity index (χ4n) is 4.16. The first-order valence-electron chi connectivity index (χ1n) is 11.1. The minimum absolute atomic E-state index is 0.315. The van der Waals surface area contributed by atoms with Gasteiger partial charge in [0.2, 0.25) is 0 Å². The van der Waals surface area contributed by atoms with Gasteiger partial charge in [-0.1, -0.05) is 6.07 Å². The Morgan fingerprint density at radius 1 is 1.06 bits per heavy atom. The van der Waals surface area contributed by atoms with Crippen molar-refractivity contribution in [2.45, 2.75) is 26.8 Å². The van der Waals surface area contributed by atoms with E-state index in [4.69, 9.17) is 4.98 Å². The average Bonchev–Trinajstić information content (AvgIpc) is 3.55. The van der Waals surface area contributed by atoms with Gasteiger partial charge in [0.05, 0.1) is 34.3 Å². The molecule has 6 rings (SSSR count). The second-order valence-electron chi connectivity index (χ2n) is 8.63. The van der Waals surface area contributed by atoms with E-state index in [0.29, 0.717) is 6.04 Å². The average molecular weight is 463 g/mol. The first kappa shape index (κ1) is 20.5. The first-order valence-corrected chi connectivity index (χ1v) is 12.0. The maximum Gasteiger partial charge on any atom is 0.135 e. The standard InChI is InChI=1S/C27H22N6S/c1-15(2)29-18-6-4-5-17(11-18)21-8-9-22-26(31-21)27(33-32-22)23-12-19-20(13-28-14-24(19)30-23)25-10-7-16(3)34-25/h5,7-15,29-30H,1-3H3,(H,32,33). The zero-order valence-electron chi connectivity index (χ0n) is 19.0. The van der Waals surface area contributed by atoms with Crippen LogP contribution in [0.2, 0.25) is 0 Å². The van der Waals surface area contributed by atoms with Crippen LogP contribution in [0, 0.1) is 19.1 Å². The quantitative estimate of drug-likeness (QED) is 0.269. The number of aromatic nitrogens is 5. The Kier molecular flexibility index (Phi) is 4.82. The first-order chi connectivity index (χ1) is 16.5. The molecule has 0 spiro atoms. The van der Waals surface area contributed by atoms with Gasteiger partial charge in [0.15, 0.2) is 0 Å². The van der Waals surface area contributed by atoms with E-state index in [2.05, 4.69) is 76.6 Å². The molecule has 6 nitrogen and oxygen atoms in total. The number of thiophene rings is 1. The topological polar surface area (TPSA) is 82.3 Å². The highest BCUT2D eigenvalue weighted by molar-refractivity contribution is 7.15. The normalized spacial score (nSPS) is 11.4. The fraction of sp³-hybridized carbons (Fsp3) is 0.148. The van der Waals surface area contributed by atoms with Crippen LogP contribution in [-0.2, 0) is 0 Å². The third-order valence-corrected chi connectivity index (χ3v) is 6.72. The molecule has 0 unspecified atom stereocenters. The molecular weight excluding hydrogens is 440 g/mol. The van der Waals surface area contributed by atoms with E-state index in [0.717, 1.165) is 55.8 Å². The lowest BCUT2D eigenvalue weighted by atomic mass is 10.1. The van der Waals surface area contributed by atoms with Crippen LogP contribution >= 0.6 is 11.3 Å². The number of fused-ring (bicyclic) bond motifs is 2. The maximum atomic E-state index is 4.97. The smallest absolute Gasteiger partial charge is 0.135 e. The number of rotatable bonds is 5. The van der Waals surface area contributed by atoms with Gasteiger partial charge in [0.1, 0.15) is 11.2 Å². The van der Waals surface area contributed by atoms with Crippen LogP contribution in [0.15, 0.2) is 54.9 Å². The van der Waals surface area contributed by atoms with Crippen molar-refractivity contribution < 1.29 is 0 Å². The Morgan fingerprint density at radius 3 is 2.79 bits per heavy atom. The molecule has 5 heterocycles. The summed E-state index contributed by atoms with van der Waals surface area (Å²) >= 11 is 1.77. The van der Waals surface area contributed by atoms with Gasteiger partial charge in [0, 0.05) is 38.5 Å². The van der Waals surface area contributed by atoms with Crippen LogP contribution in [0.25, 0.3) is 55.0 Å². The number of hydrogen-bond donors (Lipinski definition) is 3. The summed E-state index contributed by atoms with van der Waals surface area (Å²) in [7, 11) is 0. The zero-order valence-corrected chi connectivity index (χ0v) is 19.8. The molecule has 0 saturated heterocycles. The van der Waals surface area contributed by atoms with Crippen molar-refractivity contribution in [1.29, 1.82) is 0 Å². The highest BCUT2D eigenvalue weighted by Crippen LogP contribution is 2.36. The van der Waals surface area contributed by atoms with Gasteiger partial charge in [0.25, 0.3) is 0 Å². The van der Waals surface area contributed by atoms with Gasteiger partial charge in [-0.05, 0) is 69.3 Å². The highest BCUT2D eigenvalue weighted by Gasteiger charge is 2.16. The Labute approximate surface area is 201 Å². The molecule has 7 heteroatoms. The van der Waals surface area contributed by atoms with E-state index in [9.17, 15) is 0 Å². The summed E-state index contributed by atoms with van der Waals surface area (Å²) in [5, 5.41) is 12.2. The molecule has 0 fully saturated rings. The molecule has 0 aliphatic rings. The molecule has 0 radical (unpaired) electrons. The predicted molar refractivity (Wildman–Crippen MR) is 139 cm³/mol. The van der Waals surface area contributed by atoms with Crippen molar-refractivity contribution in [3.05, 3.63) is 71.9 Å². The lowest BCUT2D eigenvalue weighted by Crippen LogP contribution is -2.09. The van der Waals surface area contributed by atoms with Gasteiger partial charge >= 0.3 is 0 Å². The monoisotopic (exact) mass is 462 g/mol. The molecule has 34 heavy (non-hydrogen) atoms. The van der Waals surface area contributed by atoms with E-state index in [-0.39, 0.29) is 0 Å². The Balaban J connectivity index is 1.45. The van der Waals surface area contributed by atoms with Crippen LogP contribution in [-0.4, -0.2) is 31.2 Å². The minimum Gasteiger partial charge on any atom is -0.376 e. The molecule has 5 aromatic heterocycles. The SMILES string of the molecule is Cc1ccc(-c2cncc3[nH]c(-c4n[nH]c5ccc(-c6cc#cc(NC(C)C)c6)nc45)cc23)s1. The Morgan fingerprint density at radius 2 is 1.97 bits per heavy atom. The van der Waals surface area contributed by atoms with E-state index >= 15 is 0 Å². The lowest BCUT2D eigenvalue weighted by Gasteiger charge is -2.08. The number of H-pyrrole nitrogens is 2. The number of hydrogen-bond acceptors (Lipinski definition) is 5. The number of aryl methyl sites for hydroxylation is 1. The van der Waals surface area contributed by atoms with Crippen molar-refractivity contribution in [1.82, 2.24) is 25.1 Å². The second kappa shape index (κ2) is 8.01. The fourth-order valence-corrected chi connectivity index (χ4v) is 5.05. The molecular formula is C27H22N6S. The van der Waals surface area contributed by atoms with Crippen molar-refractivity contribution in [3.8, 4) is 33.1 Å². The van der Waals surface area contributed by atoms with Crippen LogP contribution in [0.1, 0.15) is 18.7 Å². The molecule has 6 aromatic rings. The molecule has 0 atom stereocenters. The lowest BCUT2D eigenvalue weighted by molar-refractivity contribution is 0.900. The van der Waals surface area contributed by atoms with Crippen LogP contribution in [0.4, 0.5) is 5.69 Å². The van der Waals surface area contributed by atoms with Crippen molar-refractivity contribution in [2.24, 2.45) is 0 Å². The van der Waals surface area contributed by atoms with Crippen molar-refractivity contribution >= 4 is 39.0 Å². The van der Waals surface area contributed by atoms with Gasteiger partial charge in [-0.15, -0.1) is 11.3 Å². The number of nitrogens with zero attached hydrogens (tertiary/aromatic N) is 3. The number of aromatic amines is 2. The van der Waals surface area contributed by atoms with E-state index in [1.54, 1.807) is 11.3 Å². The van der Waals surface area contributed by atoms with E-state index in [1.165, 1.54) is 9.75 Å². The van der Waals surface area contributed by atoms with Crippen molar-refractivity contribution in [3.63, 3.8) is 0 Å². The van der Waals surface area contributed by atoms with Gasteiger partial charge in [-0.2, -0.15) is 5.10 Å². The summed E-state index contributed by atoms with van der Waals surface area (Å²) < 4.78 is 0. The second-order valence-corrected chi connectivity index (χ2v) is 9.92. The maximum absolute atomic E-state index is 4.97. The largest absolute Gasteiger partial charge is 0.376 e. The molecule has 0 saturated carbocycles. The highest BCUT2D eigenvalue weighted by atomic mass is 32.1. The minimum atomic E-state index is 0.315. The molecule has 0 aliphatic heterocycles. The molecule has 0 amide bonds. The van der Waals surface area contributed by atoms with Crippen LogP contribution in [0.3, 0.4) is 0 Å². The van der Waals surface area contributed by atoms with Gasteiger partial charge in [-0.3, -0.25) is 10.1 Å². The van der Waals surface area contributed by atoms with Gasteiger partial charge in [-0.25, -0.2) is 4.98 Å². The summed E-state index contributed by atoms with van der Waals surface area (Å²) in [6.45, 7) is 6.32. The molecule has 166 valence electrons. The van der Waals surface area contributed by atoms with Crippen LogP contribution in [0.5, 0.6) is 0 Å². The molecule has 0 aliphatic carbocycles. The summed E-state index contributed by atoms with van der Waals surface area (Å²) in [5.74, 6) is 0. The van der Waals surface area contributed by atoms with Crippen molar-refractivity contribution in [2.75, 3.05) is 5.32 Å². The Hall–Kier alpha value is -4.15. The van der Waals surface area contributed by atoms with Crippen LogP contribution < -0.4 is 5.32 Å².